The summed E-state index contributed by atoms with van der Waals surface area (Å²) in [4.78, 5) is 16.4. The van der Waals surface area contributed by atoms with Crippen molar-refractivity contribution in [2.75, 3.05) is 13.1 Å². The largest absolute Gasteiger partial charge is 0.392 e. The molecule has 1 atom stereocenters. The molecule has 31 heavy (non-hydrogen) atoms. The van der Waals surface area contributed by atoms with Crippen LogP contribution in [0.25, 0.3) is 5.57 Å². The zero-order chi connectivity index (χ0) is 22.8. The Kier molecular flexibility index (Phi) is 9.35. The molecule has 0 spiro atoms. The van der Waals surface area contributed by atoms with Gasteiger partial charge >= 0.3 is 0 Å². The number of aliphatic hydroxyl groups excluding tert-OH is 1. The number of aromatic nitrogens is 1. The van der Waals surface area contributed by atoms with Gasteiger partial charge in [-0.15, -0.1) is 0 Å². The van der Waals surface area contributed by atoms with Gasteiger partial charge in [0.25, 0.3) is 0 Å². The minimum absolute atomic E-state index is 0.000727. The number of halogens is 1. The fourth-order valence-electron chi connectivity index (χ4n) is 3.64. The van der Waals surface area contributed by atoms with Crippen molar-refractivity contribution in [2.45, 2.75) is 39.2 Å². The molecular weight excluding hydrogens is 391 g/mol. The molecule has 1 N–H and O–H groups in total. The monoisotopic (exact) mass is 422 g/mol. The number of pyridine rings is 1. The van der Waals surface area contributed by atoms with E-state index >= 15 is 0 Å². The standard InChI is InChI=1S/C20H25NO2.C6H6FN/c1-4-6-19(15(3)5-2)16-7-8-20(18(11-16)13-22)17-9-10-21(12-17)14-23;1-5-6(7)3-2-4-8-5/h4,6-8,11,14,17,22H,1,3,5,9-10,12-13H2,2H3;2-4H,1H3/b19-6+;. The first-order chi connectivity index (χ1) is 14.9. The highest BCUT2D eigenvalue weighted by molar-refractivity contribution is 5.79. The van der Waals surface area contributed by atoms with Crippen LogP contribution < -0.4 is 0 Å². The average Bonchev–Trinajstić information content (AvgIpc) is 3.28. The first-order valence-corrected chi connectivity index (χ1v) is 10.5. The van der Waals surface area contributed by atoms with Crippen LogP contribution in [0.5, 0.6) is 0 Å². The van der Waals surface area contributed by atoms with E-state index in [4.69, 9.17) is 0 Å². The van der Waals surface area contributed by atoms with Crippen LogP contribution in [0, 0.1) is 12.7 Å². The van der Waals surface area contributed by atoms with Crippen molar-refractivity contribution >= 4 is 12.0 Å². The number of carbonyl (C=O) groups is 1. The summed E-state index contributed by atoms with van der Waals surface area (Å²) in [6, 6.07) is 9.16. The van der Waals surface area contributed by atoms with E-state index in [2.05, 4.69) is 37.2 Å². The molecule has 164 valence electrons. The van der Waals surface area contributed by atoms with E-state index in [1.54, 1.807) is 30.2 Å². The first kappa shape index (κ1) is 24.2. The van der Waals surface area contributed by atoms with E-state index in [9.17, 15) is 14.3 Å². The summed E-state index contributed by atoms with van der Waals surface area (Å²) in [5.41, 5.74) is 5.68. The van der Waals surface area contributed by atoms with Gasteiger partial charge in [0.15, 0.2) is 0 Å². The van der Waals surface area contributed by atoms with Crippen LogP contribution in [0.15, 0.2) is 67.4 Å². The summed E-state index contributed by atoms with van der Waals surface area (Å²) in [5.74, 6) is 0.0603. The third kappa shape index (κ3) is 6.46. The number of nitrogens with zero attached hydrogens (tertiary/aromatic N) is 2. The maximum Gasteiger partial charge on any atom is 0.209 e. The molecule has 0 saturated carbocycles. The third-order valence-corrected chi connectivity index (χ3v) is 5.47. The number of benzene rings is 1. The maximum atomic E-state index is 12.3. The highest BCUT2D eigenvalue weighted by Crippen LogP contribution is 2.32. The van der Waals surface area contributed by atoms with E-state index < -0.39 is 0 Å². The van der Waals surface area contributed by atoms with E-state index in [1.165, 1.54) is 6.07 Å². The molecule has 1 unspecified atom stereocenters. The highest BCUT2D eigenvalue weighted by Gasteiger charge is 2.24. The van der Waals surface area contributed by atoms with Gasteiger partial charge in [-0.3, -0.25) is 9.78 Å². The molecule has 2 aromatic rings. The number of likely N-dealkylation sites (tertiary alicyclic amines) is 1. The van der Waals surface area contributed by atoms with E-state index in [0.29, 0.717) is 11.6 Å². The zero-order valence-corrected chi connectivity index (χ0v) is 18.4. The summed E-state index contributed by atoms with van der Waals surface area (Å²) in [5, 5.41) is 9.79. The number of allylic oxidation sites excluding steroid dienone is 4. The predicted octanol–water partition coefficient (Wildman–Crippen LogP) is 5.19. The highest BCUT2D eigenvalue weighted by atomic mass is 19.1. The average molecular weight is 423 g/mol. The molecule has 0 bridgehead atoms. The van der Waals surface area contributed by atoms with Crippen LogP contribution >= 0.6 is 0 Å². The molecule has 0 radical (unpaired) electrons. The molecule has 1 fully saturated rings. The molecular formula is C26H31FN2O2. The Hall–Kier alpha value is -3.05. The molecule has 3 rings (SSSR count). The number of aliphatic hydroxyl groups is 1. The van der Waals surface area contributed by atoms with Gasteiger partial charge in [-0.25, -0.2) is 4.39 Å². The van der Waals surface area contributed by atoms with Crippen molar-refractivity contribution in [2.24, 2.45) is 0 Å². The minimum Gasteiger partial charge on any atom is -0.392 e. The molecule has 1 aromatic heterocycles. The maximum absolute atomic E-state index is 12.3. The second-order valence-electron chi connectivity index (χ2n) is 7.50. The molecule has 1 aliphatic rings. The van der Waals surface area contributed by atoms with Crippen molar-refractivity contribution < 1.29 is 14.3 Å². The van der Waals surface area contributed by atoms with E-state index in [1.807, 2.05) is 12.1 Å². The number of carbonyl (C=O) groups excluding carboxylic acids is 1. The minimum atomic E-state index is -0.243. The van der Waals surface area contributed by atoms with Crippen LogP contribution in [0.3, 0.4) is 0 Å². The number of aryl methyl sites for hydroxylation is 1. The van der Waals surface area contributed by atoms with Gasteiger partial charge in [-0.1, -0.05) is 44.4 Å². The Morgan fingerprint density at radius 3 is 2.68 bits per heavy atom. The van der Waals surface area contributed by atoms with Crippen LogP contribution in [-0.4, -0.2) is 34.5 Å². The van der Waals surface area contributed by atoms with Gasteiger partial charge in [0, 0.05) is 25.2 Å². The van der Waals surface area contributed by atoms with Crippen molar-refractivity contribution in [3.8, 4) is 0 Å². The normalized spacial score (nSPS) is 15.8. The topological polar surface area (TPSA) is 53.4 Å². The summed E-state index contributed by atoms with van der Waals surface area (Å²) < 4.78 is 12.3. The Balaban J connectivity index is 0.000000357. The number of hydrogen-bond acceptors (Lipinski definition) is 3. The van der Waals surface area contributed by atoms with Gasteiger partial charge in [0.1, 0.15) is 5.82 Å². The lowest BCUT2D eigenvalue weighted by Gasteiger charge is -2.17. The van der Waals surface area contributed by atoms with E-state index in [-0.39, 0.29) is 12.4 Å². The SMILES string of the molecule is C=C/C=C(\C(=C)CC)c1ccc(C2CCN(C=O)C2)c(CO)c1.Cc1ncccc1F. The molecule has 0 aliphatic carbocycles. The van der Waals surface area contributed by atoms with Crippen molar-refractivity contribution in [3.63, 3.8) is 0 Å². The van der Waals surface area contributed by atoms with Gasteiger partial charge in [0.05, 0.1) is 12.3 Å². The Labute approximate surface area is 184 Å². The van der Waals surface area contributed by atoms with Gasteiger partial charge < -0.3 is 10.0 Å². The Morgan fingerprint density at radius 1 is 1.39 bits per heavy atom. The second kappa shape index (κ2) is 12.0. The fourth-order valence-corrected chi connectivity index (χ4v) is 3.64. The smallest absolute Gasteiger partial charge is 0.209 e. The third-order valence-electron chi connectivity index (χ3n) is 5.47. The molecule has 1 saturated heterocycles. The van der Waals surface area contributed by atoms with Gasteiger partial charge in [0.2, 0.25) is 6.41 Å². The number of hydrogen-bond donors (Lipinski definition) is 1. The number of amides is 1. The summed E-state index contributed by atoms with van der Waals surface area (Å²) in [6.07, 6.45) is 8.02. The van der Waals surface area contributed by atoms with Gasteiger partial charge in [-0.05, 0) is 65.8 Å². The quantitative estimate of drug-likeness (QED) is 0.494. The summed E-state index contributed by atoms with van der Waals surface area (Å²) in [7, 11) is 0. The van der Waals surface area contributed by atoms with E-state index in [0.717, 1.165) is 60.2 Å². The predicted molar refractivity (Wildman–Crippen MR) is 124 cm³/mol. The molecule has 1 aliphatic heterocycles. The lowest BCUT2D eigenvalue weighted by atomic mass is 9.89. The number of rotatable bonds is 7. The Morgan fingerprint density at radius 2 is 2.16 bits per heavy atom. The molecule has 1 amide bonds. The lowest BCUT2D eigenvalue weighted by Crippen LogP contribution is -2.18. The van der Waals surface area contributed by atoms with Gasteiger partial charge in [-0.2, -0.15) is 0 Å². The summed E-state index contributed by atoms with van der Waals surface area (Å²) in [6.45, 7) is 13.1. The fraction of sp³-hybridized carbons (Fsp3) is 0.308. The van der Waals surface area contributed by atoms with Crippen molar-refractivity contribution in [1.82, 2.24) is 9.88 Å². The second-order valence-corrected chi connectivity index (χ2v) is 7.50. The molecule has 2 heterocycles. The molecule has 4 nitrogen and oxygen atoms in total. The van der Waals surface area contributed by atoms with Crippen LogP contribution in [0.2, 0.25) is 0 Å². The summed E-state index contributed by atoms with van der Waals surface area (Å²) >= 11 is 0. The van der Waals surface area contributed by atoms with Crippen LogP contribution in [-0.2, 0) is 11.4 Å². The molecule has 5 heteroatoms. The van der Waals surface area contributed by atoms with Crippen molar-refractivity contribution in [3.05, 3.63) is 95.6 Å². The van der Waals surface area contributed by atoms with Crippen LogP contribution in [0.1, 0.15) is 48.1 Å². The van der Waals surface area contributed by atoms with Crippen LogP contribution in [0.4, 0.5) is 4.39 Å². The zero-order valence-electron chi connectivity index (χ0n) is 18.4. The Bertz CT molecular complexity index is 931. The lowest BCUT2D eigenvalue weighted by molar-refractivity contribution is -0.117. The van der Waals surface area contributed by atoms with Crippen molar-refractivity contribution in [1.29, 1.82) is 0 Å². The molecule has 1 aromatic carbocycles. The first-order valence-electron chi connectivity index (χ1n) is 10.5.